The van der Waals surface area contributed by atoms with Crippen molar-refractivity contribution in [3.8, 4) is 0 Å². The zero-order valence-corrected chi connectivity index (χ0v) is 13.5. The van der Waals surface area contributed by atoms with E-state index >= 15 is 0 Å². The summed E-state index contributed by atoms with van der Waals surface area (Å²) in [6.07, 6.45) is 1.66. The van der Waals surface area contributed by atoms with Crippen LogP contribution in [0.1, 0.15) is 25.3 Å². The van der Waals surface area contributed by atoms with E-state index < -0.39 is 10.0 Å². The van der Waals surface area contributed by atoms with Gasteiger partial charge < -0.3 is 5.32 Å². The molecule has 1 aliphatic heterocycles. The number of halogens is 1. The maximum absolute atomic E-state index is 12.4. The van der Waals surface area contributed by atoms with E-state index in [1.54, 1.807) is 6.07 Å². The Balaban J connectivity index is 2.20. The van der Waals surface area contributed by atoms with Crippen molar-refractivity contribution in [1.29, 1.82) is 0 Å². The molecule has 0 aliphatic carbocycles. The second-order valence-electron chi connectivity index (χ2n) is 5.11. The average molecular weight is 347 g/mol. The maximum Gasteiger partial charge on any atom is 0.241 e. The first-order valence-electron chi connectivity index (χ1n) is 6.40. The van der Waals surface area contributed by atoms with Gasteiger partial charge in [0.05, 0.1) is 4.90 Å². The van der Waals surface area contributed by atoms with Crippen LogP contribution in [0.15, 0.2) is 27.6 Å². The van der Waals surface area contributed by atoms with Crippen LogP contribution in [0.5, 0.6) is 0 Å². The van der Waals surface area contributed by atoms with Crippen LogP contribution >= 0.6 is 15.9 Å². The normalized spacial score (nSPS) is 24.4. The fourth-order valence-electron chi connectivity index (χ4n) is 2.39. The number of hydrogen-bond acceptors (Lipinski definition) is 3. The molecule has 0 bridgehead atoms. The summed E-state index contributed by atoms with van der Waals surface area (Å²) in [6, 6.07) is 5.68. The second-order valence-corrected chi connectivity index (χ2v) is 7.71. The molecule has 1 fully saturated rings. The quantitative estimate of drug-likeness (QED) is 0.881. The van der Waals surface area contributed by atoms with Crippen LogP contribution in [0.3, 0.4) is 0 Å². The van der Waals surface area contributed by atoms with Crippen LogP contribution in [-0.4, -0.2) is 27.0 Å². The van der Waals surface area contributed by atoms with E-state index in [0.717, 1.165) is 29.4 Å². The first kappa shape index (κ1) is 15.0. The smallest absolute Gasteiger partial charge is 0.241 e. The van der Waals surface area contributed by atoms with Crippen molar-refractivity contribution in [3.63, 3.8) is 0 Å². The predicted molar refractivity (Wildman–Crippen MR) is 79.7 cm³/mol. The first-order chi connectivity index (χ1) is 8.88. The van der Waals surface area contributed by atoms with Crippen LogP contribution in [-0.2, 0) is 10.0 Å². The molecule has 0 spiro atoms. The Kier molecular flexibility index (Phi) is 4.66. The number of hydrogen-bond donors (Lipinski definition) is 2. The van der Waals surface area contributed by atoms with Crippen LogP contribution in [0.4, 0.5) is 0 Å². The SMILES string of the molecule is Cc1ccc(Br)cc1S(=O)(=O)NC1CCNC(C)C1. The van der Waals surface area contributed by atoms with Gasteiger partial charge in [-0.05, 0) is 50.9 Å². The largest absolute Gasteiger partial charge is 0.314 e. The van der Waals surface area contributed by atoms with Crippen molar-refractivity contribution in [2.45, 2.75) is 43.7 Å². The summed E-state index contributed by atoms with van der Waals surface area (Å²) in [5.41, 5.74) is 0.762. The highest BCUT2D eigenvalue weighted by Gasteiger charge is 2.25. The first-order valence-corrected chi connectivity index (χ1v) is 8.68. The Morgan fingerprint density at radius 3 is 2.84 bits per heavy atom. The maximum atomic E-state index is 12.4. The van der Waals surface area contributed by atoms with Gasteiger partial charge in [0, 0.05) is 16.6 Å². The number of aryl methyl sites for hydroxylation is 1. The Bertz CT molecular complexity index is 560. The van der Waals surface area contributed by atoms with Gasteiger partial charge in [0.1, 0.15) is 0 Å². The van der Waals surface area contributed by atoms with Crippen LogP contribution in [0.25, 0.3) is 0 Å². The van der Waals surface area contributed by atoms with E-state index in [2.05, 4.69) is 32.9 Å². The summed E-state index contributed by atoms with van der Waals surface area (Å²) >= 11 is 3.32. The van der Waals surface area contributed by atoms with Crippen molar-refractivity contribution in [1.82, 2.24) is 10.0 Å². The molecule has 0 aromatic heterocycles. The molecule has 1 aromatic rings. The van der Waals surface area contributed by atoms with E-state index in [-0.39, 0.29) is 6.04 Å². The van der Waals surface area contributed by atoms with Gasteiger partial charge in [0.2, 0.25) is 10.0 Å². The zero-order valence-electron chi connectivity index (χ0n) is 11.1. The molecule has 2 N–H and O–H groups in total. The Labute approximate surface area is 123 Å². The minimum absolute atomic E-state index is 0.0135. The van der Waals surface area contributed by atoms with Gasteiger partial charge in [-0.1, -0.05) is 22.0 Å². The highest BCUT2D eigenvalue weighted by molar-refractivity contribution is 9.10. The van der Waals surface area contributed by atoms with Gasteiger partial charge in [0.25, 0.3) is 0 Å². The lowest BCUT2D eigenvalue weighted by Gasteiger charge is -2.28. The summed E-state index contributed by atoms with van der Waals surface area (Å²) in [4.78, 5) is 0.355. The summed E-state index contributed by atoms with van der Waals surface area (Å²) in [7, 11) is -3.44. The lowest BCUT2D eigenvalue weighted by molar-refractivity contribution is 0.361. The van der Waals surface area contributed by atoms with E-state index in [4.69, 9.17) is 0 Å². The van der Waals surface area contributed by atoms with E-state index in [1.165, 1.54) is 0 Å². The molecule has 0 saturated carbocycles. The lowest BCUT2D eigenvalue weighted by Crippen LogP contribution is -2.46. The summed E-state index contributed by atoms with van der Waals surface area (Å²) in [6.45, 7) is 4.74. The summed E-state index contributed by atoms with van der Waals surface area (Å²) in [5, 5.41) is 3.32. The number of piperidine rings is 1. The Morgan fingerprint density at radius 1 is 1.42 bits per heavy atom. The molecule has 2 rings (SSSR count). The van der Waals surface area contributed by atoms with Gasteiger partial charge in [-0.3, -0.25) is 0 Å². The molecule has 1 heterocycles. The number of benzene rings is 1. The van der Waals surface area contributed by atoms with Crippen molar-refractivity contribution >= 4 is 26.0 Å². The molecule has 4 nitrogen and oxygen atoms in total. The Hall–Kier alpha value is -0.430. The monoisotopic (exact) mass is 346 g/mol. The highest BCUT2D eigenvalue weighted by Crippen LogP contribution is 2.21. The van der Waals surface area contributed by atoms with Crippen molar-refractivity contribution in [2.75, 3.05) is 6.54 Å². The van der Waals surface area contributed by atoms with Gasteiger partial charge in [-0.25, -0.2) is 13.1 Å². The standard InChI is InChI=1S/C13H19BrN2O2S/c1-9-3-4-11(14)8-13(9)19(17,18)16-12-5-6-15-10(2)7-12/h3-4,8,10,12,15-16H,5-7H2,1-2H3. The van der Waals surface area contributed by atoms with E-state index in [1.807, 2.05) is 19.1 Å². The van der Waals surface area contributed by atoms with Gasteiger partial charge in [-0.15, -0.1) is 0 Å². The van der Waals surface area contributed by atoms with Crippen LogP contribution in [0.2, 0.25) is 0 Å². The number of sulfonamides is 1. The fourth-order valence-corrected chi connectivity index (χ4v) is 4.45. The lowest BCUT2D eigenvalue weighted by atomic mass is 10.0. The topological polar surface area (TPSA) is 58.2 Å². The molecule has 1 aromatic carbocycles. The molecule has 2 unspecified atom stereocenters. The molecule has 6 heteroatoms. The van der Waals surface area contributed by atoms with E-state index in [0.29, 0.717) is 10.9 Å². The summed E-state index contributed by atoms with van der Waals surface area (Å²) < 4.78 is 28.5. The van der Waals surface area contributed by atoms with Gasteiger partial charge >= 0.3 is 0 Å². The van der Waals surface area contributed by atoms with Crippen molar-refractivity contribution in [3.05, 3.63) is 28.2 Å². The Morgan fingerprint density at radius 2 is 2.16 bits per heavy atom. The van der Waals surface area contributed by atoms with Crippen LogP contribution < -0.4 is 10.0 Å². The molecule has 1 saturated heterocycles. The van der Waals surface area contributed by atoms with Crippen LogP contribution in [0, 0.1) is 6.92 Å². The predicted octanol–water partition coefficient (Wildman–Crippen LogP) is 2.18. The number of nitrogens with one attached hydrogen (secondary N) is 2. The molecule has 19 heavy (non-hydrogen) atoms. The fraction of sp³-hybridized carbons (Fsp3) is 0.538. The molecule has 0 amide bonds. The minimum Gasteiger partial charge on any atom is -0.314 e. The van der Waals surface area contributed by atoms with E-state index in [9.17, 15) is 8.42 Å². The third kappa shape index (κ3) is 3.78. The molecular formula is C13H19BrN2O2S. The molecular weight excluding hydrogens is 328 g/mol. The molecule has 0 radical (unpaired) electrons. The molecule has 106 valence electrons. The molecule has 1 aliphatic rings. The average Bonchev–Trinajstić information content (AvgIpc) is 2.31. The highest BCUT2D eigenvalue weighted by atomic mass is 79.9. The third-order valence-corrected chi connectivity index (χ3v) is 5.54. The minimum atomic E-state index is -3.44. The van der Waals surface area contributed by atoms with Gasteiger partial charge in [-0.2, -0.15) is 0 Å². The second kappa shape index (κ2) is 5.91. The van der Waals surface area contributed by atoms with Gasteiger partial charge in [0.15, 0.2) is 0 Å². The molecule has 2 atom stereocenters. The summed E-state index contributed by atoms with van der Waals surface area (Å²) in [5.74, 6) is 0. The number of rotatable bonds is 3. The van der Waals surface area contributed by atoms with Crippen molar-refractivity contribution in [2.24, 2.45) is 0 Å². The zero-order chi connectivity index (χ0) is 14.0. The third-order valence-electron chi connectivity index (χ3n) is 3.39. The van der Waals surface area contributed by atoms with Crippen molar-refractivity contribution < 1.29 is 8.42 Å².